The Kier molecular flexibility index (Phi) is 7.65. The highest BCUT2D eigenvalue weighted by Gasteiger charge is 2.30. The average molecular weight is 500 g/mol. The van der Waals surface area contributed by atoms with Gasteiger partial charge in [-0.1, -0.05) is 38.6 Å². The maximum Gasteiger partial charge on any atom is 0.293 e. The van der Waals surface area contributed by atoms with Crippen LogP contribution in [0.25, 0.3) is 10.4 Å². The molecule has 6 heteroatoms. The van der Waals surface area contributed by atoms with Crippen molar-refractivity contribution >= 4 is 22.9 Å². The number of nitrogens with zero attached hydrogens (tertiary/aromatic N) is 4. The van der Waals surface area contributed by atoms with E-state index in [0.717, 1.165) is 31.0 Å². The van der Waals surface area contributed by atoms with Gasteiger partial charge in [-0.15, -0.1) is 4.99 Å². The zero-order valence-corrected chi connectivity index (χ0v) is 22.7. The normalized spacial score (nSPS) is 26.6. The van der Waals surface area contributed by atoms with E-state index >= 15 is 0 Å². The molecule has 2 aliphatic carbocycles. The third kappa shape index (κ3) is 6.05. The smallest absolute Gasteiger partial charge is 0.293 e. The molecule has 196 valence electrons. The largest absolute Gasteiger partial charge is 0.361 e. The molecule has 5 rings (SSSR count). The van der Waals surface area contributed by atoms with Gasteiger partial charge in [0.05, 0.1) is 0 Å². The van der Waals surface area contributed by atoms with Gasteiger partial charge in [0.25, 0.3) is 11.7 Å². The van der Waals surface area contributed by atoms with E-state index in [2.05, 4.69) is 70.1 Å². The number of benzene rings is 1. The zero-order valence-electron chi connectivity index (χ0n) is 22.7. The van der Waals surface area contributed by atoms with Gasteiger partial charge in [0, 0.05) is 49.9 Å². The molecule has 0 atom stereocenters. The van der Waals surface area contributed by atoms with E-state index < -0.39 is 0 Å². The second kappa shape index (κ2) is 10.9. The molecule has 6 nitrogen and oxygen atoms in total. The predicted molar refractivity (Wildman–Crippen MR) is 151 cm³/mol. The number of aliphatic imine (C=N–C) groups is 1. The van der Waals surface area contributed by atoms with Crippen LogP contribution in [0.3, 0.4) is 0 Å². The summed E-state index contributed by atoms with van der Waals surface area (Å²) in [5.41, 5.74) is 5.53. The molecule has 1 saturated heterocycles. The first kappa shape index (κ1) is 25.9. The lowest BCUT2D eigenvalue weighted by molar-refractivity contribution is -0.110. The lowest BCUT2D eigenvalue weighted by Crippen LogP contribution is -2.49. The lowest BCUT2D eigenvalue weighted by atomic mass is 9.76. The molecule has 0 unspecified atom stereocenters. The Labute approximate surface area is 222 Å². The molecule has 0 spiro atoms. The van der Waals surface area contributed by atoms with Gasteiger partial charge in [0.1, 0.15) is 0 Å². The Morgan fingerprint density at radius 3 is 2.51 bits per heavy atom. The molecule has 4 aliphatic rings. The van der Waals surface area contributed by atoms with E-state index in [4.69, 9.17) is 6.57 Å². The molecule has 0 radical (unpaired) electrons. The van der Waals surface area contributed by atoms with Gasteiger partial charge in [-0.25, -0.2) is 0 Å². The third-order valence-corrected chi connectivity index (χ3v) is 8.94. The highest BCUT2D eigenvalue weighted by atomic mass is 16.1. The maximum atomic E-state index is 13.0. The molecular formula is C31H41N5O. The maximum absolute atomic E-state index is 13.0. The van der Waals surface area contributed by atoms with Crippen LogP contribution >= 0.6 is 0 Å². The molecule has 2 aliphatic heterocycles. The van der Waals surface area contributed by atoms with Gasteiger partial charge in [-0.3, -0.25) is 9.69 Å². The molecule has 1 aromatic rings. The van der Waals surface area contributed by atoms with Crippen LogP contribution in [0.15, 0.2) is 41.2 Å². The van der Waals surface area contributed by atoms with Crippen molar-refractivity contribution in [2.24, 2.45) is 10.4 Å². The molecule has 0 bridgehead atoms. The minimum Gasteiger partial charge on any atom is -0.361 e. The number of nitrogens with one attached hydrogen (secondary N) is 1. The van der Waals surface area contributed by atoms with E-state index in [9.17, 15) is 4.79 Å². The van der Waals surface area contributed by atoms with Crippen LogP contribution in [0.5, 0.6) is 0 Å². The first-order valence-corrected chi connectivity index (χ1v) is 14.0. The third-order valence-electron chi connectivity index (χ3n) is 8.94. The summed E-state index contributed by atoms with van der Waals surface area (Å²) in [7, 11) is 2.23. The number of hydrogen-bond donors (Lipinski definition) is 1. The highest BCUT2D eigenvalue weighted by molar-refractivity contribution is 6.44. The summed E-state index contributed by atoms with van der Waals surface area (Å²) in [6, 6.07) is 7.42. The van der Waals surface area contributed by atoms with E-state index in [1.165, 1.54) is 68.6 Å². The Morgan fingerprint density at radius 2 is 1.86 bits per heavy atom. The number of piperazine rings is 1. The van der Waals surface area contributed by atoms with Gasteiger partial charge >= 0.3 is 0 Å². The van der Waals surface area contributed by atoms with Crippen molar-refractivity contribution in [3.05, 3.63) is 58.7 Å². The van der Waals surface area contributed by atoms with Crippen LogP contribution in [-0.2, 0) is 4.79 Å². The summed E-state index contributed by atoms with van der Waals surface area (Å²) in [6.07, 6.45) is 12.8. The minimum atomic E-state index is -0.201. The molecule has 2 heterocycles. The van der Waals surface area contributed by atoms with Crippen LogP contribution in [0.4, 0.5) is 5.69 Å². The molecule has 0 aromatic heterocycles. The molecule has 1 amide bonds. The lowest BCUT2D eigenvalue weighted by Gasteiger charge is -2.41. The number of anilines is 1. The number of rotatable bonds is 5. The Balaban J connectivity index is 1.33. The number of carbonyl (C=O) groups excluding carboxylic acids is 1. The van der Waals surface area contributed by atoms with Gasteiger partial charge in [-0.2, -0.15) is 0 Å². The van der Waals surface area contributed by atoms with E-state index in [-0.39, 0.29) is 5.91 Å². The van der Waals surface area contributed by atoms with Crippen LogP contribution in [0.1, 0.15) is 82.3 Å². The molecule has 37 heavy (non-hydrogen) atoms. The number of allylic oxidation sites excluding steroid dienone is 3. The van der Waals surface area contributed by atoms with Crippen LogP contribution in [-0.4, -0.2) is 60.7 Å². The SMILES string of the molecule is [C-]#[N+]C1=CCC(C(=O)Nc2ccc(C3CCC(N4CCN(C)CC4)CC3)cc2C2=CCC(C)(C)CC2)=N1. The molecule has 1 aromatic carbocycles. The van der Waals surface area contributed by atoms with Crippen molar-refractivity contribution in [3.8, 4) is 0 Å². The van der Waals surface area contributed by atoms with Crippen molar-refractivity contribution in [3.63, 3.8) is 0 Å². The second-order valence-corrected chi connectivity index (χ2v) is 12.1. The summed E-state index contributed by atoms with van der Waals surface area (Å²) in [5.74, 6) is 0.691. The van der Waals surface area contributed by atoms with Crippen LogP contribution in [0.2, 0.25) is 0 Å². The Morgan fingerprint density at radius 1 is 1.11 bits per heavy atom. The number of likely N-dealkylation sites (N-methyl/N-ethyl adjacent to an activating group) is 1. The van der Waals surface area contributed by atoms with Gasteiger partial charge in [-0.05, 0) is 86.6 Å². The number of carbonyl (C=O) groups is 1. The second-order valence-electron chi connectivity index (χ2n) is 12.1. The summed E-state index contributed by atoms with van der Waals surface area (Å²) >= 11 is 0. The van der Waals surface area contributed by atoms with Crippen molar-refractivity contribution in [2.75, 3.05) is 38.5 Å². The van der Waals surface area contributed by atoms with Crippen molar-refractivity contribution < 1.29 is 4.79 Å². The summed E-state index contributed by atoms with van der Waals surface area (Å²) in [6.45, 7) is 16.6. The molecule has 2 fully saturated rings. The van der Waals surface area contributed by atoms with Crippen molar-refractivity contribution in [2.45, 2.75) is 77.2 Å². The Hall–Kier alpha value is -2.75. The highest BCUT2D eigenvalue weighted by Crippen LogP contribution is 2.42. The minimum absolute atomic E-state index is 0.201. The molecule has 1 saturated carbocycles. The fourth-order valence-corrected chi connectivity index (χ4v) is 6.30. The predicted octanol–water partition coefficient (Wildman–Crippen LogP) is 6.10. The number of hydrogen-bond acceptors (Lipinski definition) is 4. The van der Waals surface area contributed by atoms with Crippen LogP contribution in [0, 0.1) is 12.0 Å². The molecular weight excluding hydrogens is 458 g/mol. The summed E-state index contributed by atoms with van der Waals surface area (Å²) in [4.78, 5) is 25.7. The van der Waals surface area contributed by atoms with Gasteiger partial charge in [0.2, 0.25) is 0 Å². The fraction of sp³-hybridized carbons (Fsp3) is 0.581. The average Bonchev–Trinajstić information content (AvgIpc) is 3.39. The van der Waals surface area contributed by atoms with Crippen molar-refractivity contribution in [1.82, 2.24) is 9.80 Å². The topological polar surface area (TPSA) is 52.3 Å². The first-order chi connectivity index (χ1) is 17.8. The fourth-order valence-electron chi connectivity index (χ4n) is 6.30. The van der Waals surface area contributed by atoms with Crippen LogP contribution < -0.4 is 5.32 Å². The van der Waals surface area contributed by atoms with E-state index in [1.54, 1.807) is 6.08 Å². The van der Waals surface area contributed by atoms with Gasteiger partial charge in [0.15, 0.2) is 5.71 Å². The Bertz CT molecular complexity index is 1150. The number of amides is 1. The molecule has 1 N–H and O–H groups in total. The summed E-state index contributed by atoms with van der Waals surface area (Å²) in [5, 5.41) is 3.14. The standard InChI is InChI=1S/C31H41N5O/c1-31(2)15-13-23(14-16-31)26-21-24(7-10-27(26)34-30(37)28-11-12-29(32-3)33-28)22-5-8-25(9-6-22)36-19-17-35(4)18-20-36/h7,10,12-13,21-22,25H,5-6,8-9,11,14-20H2,1-2,4H3,(H,34,37). The van der Waals surface area contributed by atoms with E-state index in [0.29, 0.717) is 29.3 Å². The quantitative estimate of drug-likeness (QED) is 0.498. The monoisotopic (exact) mass is 499 g/mol. The zero-order chi connectivity index (χ0) is 26.0. The van der Waals surface area contributed by atoms with Crippen molar-refractivity contribution in [1.29, 1.82) is 0 Å². The summed E-state index contributed by atoms with van der Waals surface area (Å²) < 4.78 is 0. The van der Waals surface area contributed by atoms with E-state index in [1.807, 2.05) is 0 Å². The first-order valence-electron chi connectivity index (χ1n) is 14.0. The van der Waals surface area contributed by atoms with Gasteiger partial charge < -0.3 is 15.1 Å².